The number of rotatable bonds is 2. The van der Waals surface area contributed by atoms with Crippen LogP contribution in [0.1, 0.15) is 16.1 Å². The number of aryl methyl sites for hydroxylation is 1. The lowest BCUT2D eigenvalue weighted by Gasteiger charge is -2.05. The van der Waals surface area contributed by atoms with Crippen molar-refractivity contribution in [2.75, 3.05) is 0 Å². The monoisotopic (exact) mass is 248 g/mol. The van der Waals surface area contributed by atoms with Crippen molar-refractivity contribution >= 4 is 5.97 Å². The van der Waals surface area contributed by atoms with E-state index in [1.807, 2.05) is 4.98 Å². The molecule has 8 heteroatoms. The van der Waals surface area contributed by atoms with Gasteiger partial charge in [-0.05, 0) is 6.92 Å². The molecule has 0 atom stereocenters. The Bertz CT molecular complexity index is 689. The Balaban J connectivity index is 2.31. The van der Waals surface area contributed by atoms with Crippen LogP contribution in [0.25, 0.3) is 0 Å². The summed E-state index contributed by atoms with van der Waals surface area (Å²) in [5.41, 5.74) is -1.19. The van der Waals surface area contributed by atoms with Gasteiger partial charge in [0.1, 0.15) is 0 Å². The summed E-state index contributed by atoms with van der Waals surface area (Å²) in [7, 11) is 0. The van der Waals surface area contributed by atoms with Gasteiger partial charge in [0.25, 0.3) is 5.56 Å². The number of aromatic amines is 1. The van der Waals surface area contributed by atoms with E-state index in [0.29, 0.717) is 4.73 Å². The molecule has 1 N–H and O–H groups in total. The molecule has 0 fully saturated rings. The summed E-state index contributed by atoms with van der Waals surface area (Å²) in [6.45, 7) is 1.48. The van der Waals surface area contributed by atoms with Crippen molar-refractivity contribution in [2.45, 2.75) is 6.92 Å². The van der Waals surface area contributed by atoms with E-state index in [2.05, 4.69) is 9.97 Å². The molecule has 2 aromatic heterocycles. The zero-order chi connectivity index (χ0) is 13.1. The van der Waals surface area contributed by atoms with Crippen LogP contribution in [0.5, 0.6) is 0 Å². The van der Waals surface area contributed by atoms with E-state index in [1.165, 1.54) is 25.5 Å². The first kappa shape index (κ1) is 11.7. The maximum atomic E-state index is 11.6. The molecule has 2 heterocycles. The second-order valence-electron chi connectivity index (χ2n) is 3.37. The second-order valence-corrected chi connectivity index (χ2v) is 3.37. The van der Waals surface area contributed by atoms with E-state index < -0.39 is 17.2 Å². The molecule has 0 unspecified atom stereocenters. The summed E-state index contributed by atoms with van der Waals surface area (Å²) in [4.78, 5) is 48.2. The van der Waals surface area contributed by atoms with Crippen LogP contribution in [0.15, 0.2) is 34.4 Å². The quantitative estimate of drug-likeness (QED) is 0.723. The van der Waals surface area contributed by atoms with Crippen molar-refractivity contribution in [1.29, 1.82) is 0 Å². The molecule has 0 amide bonds. The average molecular weight is 248 g/mol. The third-order valence-corrected chi connectivity index (χ3v) is 2.04. The van der Waals surface area contributed by atoms with E-state index in [-0.39, 0.29) is 11.3 Å². The Morgan fingerprint density at radius 1 is 1.39 bits per heavy atom. The van der Waals surface area contributed by atoms with Gasteiger partial charge in [0.15, 0.2) is 5.69 Å². The zero-order valence-corrected chi connectivity index (χ0v) is 9.28. The van der Waals surface area contributed by atoms with Gasteiger partial charge in [0.2, 0.25) is 0 Å². The molecule has 18 heavy (non-hydrogen) atoms. The van der Waals surface area contributed by atoms with E-state index >= 15 is 0 Å². The summed E-state index contributed by atoms with van der Waals surface area (Å²) >= 11 is 0. The Labute approximate surface area is 99.9 Å². The number of carbonyl (C=O) groups is 1. The van der Waals surface area contributed by atoms with Crippen LogP contribution in [0.2, 0.25) is 0 Å². The van der Waals surface area contributed by atoms with Crippen molar-refractivity contribution in [1.82, 2.24) is 19.7 Å². The van der Waals surface area contributed by atoms with Gasteiger partial charge in [0, 0.05) is 18.0 Å². The number of hydrogen-bond donors (Lipinski definition) is 1. The van der Waals surface area contributed by atoms with E-state index in [4.69, 9.17) is 4.84 Å². The van der Waals surface area contributed by atoms with Gasteiger partial charge in [0.05, 0.1) is 12.4 Å². The second kappa shape index (κ2) is 4.62. The SMILES string of the molecule is Cc1cn(OC(=O)c2cnccn2)c(=O)[nH]c1=O. The molecule has 0 radical (unpaired) electrons. The van der Waals surface area contributed by atoms with Crippen LogP contribution in [-0.4, -0.2) is 25.7 Å². The molecule has 8 nitrogen and oxygen atoms in total. The molecular formula is C10H8N4O4. The van der Waals surface area contributed by atoms with E-state index in [9.17, 15) is 14.4 Å². The van der Waals surface area contributed by atoms with Crippen LogP contribution in [-0.2, 0) is 0 Å². The summed E-state index contributed by atoms with van der Waals surface area (Å²) < 4.78 is 0.633. The van der Waals surface area contributed by atoms with Crippen LogP contribution >= 0.6 is 0 Å². The zero-order valence-electron chi connectivity index (χ0n) is 9.28. The third-order valence-electron chi connectivity index (χ3n) is 2.04. The molecule has 2 rings (SSSR count). The first-order valence-corrected chi connectivity index (χ1v) is 4.89. The van der Waals surface area contributed by atoms with Crippen molar-refractivity contribution < 1.29 is 9.63 Å². The van der Waals surface area contributed by atoms with Gasteiger partial charge in [-0.25, -0.2) is 14.6 Å². The molecular weight excluding hydrogens is 240 g/mol. The maximum Gasteiger partial charge on any atom is 0.383 e. The fraction of sp³-hybridized carbons (Fsp3) is 0.100. The van der Waals surface area contributed by atoms with Crippen LogP contribution in [0, 0.1) is 6.92 Å². The van der Waals surface area contributed by atoms with Crippen molar-refractivity contribution in [3.05, 3.63) is 56.9 Å². The molecule has 0 saturated carbocycles. The Morgan fingerprint density at radius 3 is 2.83 bits per heavy atom. The number of carbonyl (C=O) groups excluding carboxylic acids is 1. The minimum atomic E-state index is -0.850. The van der Waals surface area contributed by atoms with Crippen molar-refractivity contribution in [2.24, 2.45) is 0 Å². The number of H-pyrrole nitrogens is 1. The molecule has 0 aliphatic heterocycles. The summed E-state index contributed by atoms with van der Waals surface area (Å²) in [5, 5.41) is 0. The lowest BCUT2D eigenvalue weighted by molar-refractivity contribution is 0.0426. The average Bonchev–Trinajstić information content (AvgIpc) is 2.37. The third kappa shape index (κ3) is 2.32. The summed E-state index contributed by atoms with van der Waals surface area (Å²) in [6.07, 6.45) is 5.03. The smallest absolute Gasteiger partial charge is 0.325 e. The van der Waals surface area contributed by atoms with E-state index in [1.54, 1.807) is 0 Å². The van der Waals surface area contributed by atoms with Gasteiger partial charge in [-0.2, -0.15) is 0 Å². The summed E-state index contributed by atoms with van der Waals surface area (Å²) in [6, 6.07) is 0. The van der Waals surface area contributed by atoms with Gasteiger partial charge >= 0.3 is 11.7 Å². The molecule has 0 bridgehead atoms. The normalized spacial score (nSPS) is 10.1. The number of nitrogens with one attached hydrogen (secondary N) is 1. The van der Waals surface area contributed by atoms with Gasteiger partial charge in [-0.15, -0.1) is 4.73 Å². The molecule has 2 aromatic rings. The lowest BCUT2D eigenvalue weighted by atomic mass is 10.4. The van der Waals surface area contributed by atoms with Gasteiger partial charge < -0.3 is 4.84 Å². The Morgan fingerprint density at radius 2 is 2.17 bits per heavy atom. The van der Waals surface area contributed by atoms with Crippen molar-refractivity contribution in [3.63, 3.8) is 0 Å². The molecule has 0 saturated heterocycles. The minimum Gasteiger partial charge on any atom is -0.325 e. The maximum absolute atomic E-state index is 11.6. The standard InChI is InChI=1S/C10H8N4O4/c1-6-5-14(10(17)13-8(6)15)18-9(16)7-4-11-2-3-12-7/h2-5H,1H3,(H,13,15,17). The largest absolute Gasteiger partial charge is 0.383 e. The first-order chi connectivity index (χ1) is 8.58. The minimum absolute atomic E-state index is 0.0479. The van der Waals surface area contributed by atoms with Gasteiger partial charge in [-0.3, -0.25) is 14.8 Å². The molecule has 92 valence electrons. The fourth-order valence-electron chi connectivity index (χ4n) is 1.15. The van der Waals surface area contributed by atoms with E-state index in [0.717, 1.165) is 6.20 Å². The highest BCUT2D eigenvalue weighted by Crippen LogP contribution is 1.91. The summed E-state index contributed by atoms with van der Waals surface area (Å²) in [5.74, 6) is -0.850. The molecule has 0 aliphatic rings. The highest BCUT2D eigenvalue weighted by atomic mass is 16.7. The molecule has 0 aliphatic carbocycles. The predicted octanol–water partition coefficient (Wildman–Crippen LogP) is -1.10. The number of nitrogens with zero attached hydrogens (tertiary/aromatic N) is 3. The molecule has 0 aromatic carbocycles. The van der Waals surface area contributed by atoms with Crippen molar-refractivity contribution in [3.8, 4) is 0 Å². The first-order valence-electron chi connectivity index (χ1n) is 4.89. The number of hydrogen-bond acceptors (Lipinski definition) is 6. The van der Waals surface area contributed by atoms with Crippen LogP contribution < -0.4 is 16.1 Å². The molecule has 0 spiro atoms. The topological polar surface area (TPSA) is 107 Å². The number of aromatic nitrogens is 4. The van der Waals surface area contributed by atoms with Crippen LogP contribution in [0.3, 0.4) is 0 Å². The Kier molecular flexibility index (Phi) is 3.00. The fourth-order valence-corrected chi connectivity index (χ4v) is 1.15. The highest BCUT2D eigenvalue weighted by molar-refractivity contribution is 5.86. The Hall–Kier alpha value is -2.77. The van der Waals surface area contributed by atoms with Crippen LogP contribution in [0.4, 0.5) is 0 Å². The highest BCUT2D eigenvalue weighted by Gasteiger charge is 2.11. The lowest BCUT2D eigenvalue weighted by Crippen LogP contribution is -2.37. The van der Waals surface area contributed by atoms with Gasteiger partial charge in [-0.1, -0.05) is 0 Å². The predicted molar refractivity (Wildman–Crippen MR) is 59.0 cm³/mol.